The molecule has 0 fully saturated rings. The van der Waals surface area contributed by atoms with Crippen LogP contribution in [0.2, 0.25) is 0 Å². The zero-order chi connectivity index (χ0) is 51.4. The van der Waals surface area contributed by atoms with Crippen LogP contribution in [0.4, 0.5) is 0 Å². The van der Waals surface area contributed by atoms with Gasteiger partial charge in [-0.2, -0.15) is 0 Å². The molecule has 6 nitrogen and oxygen atoms in total. The van der Waals surface area contributed by atoms with Crippen LogP contribution in [0.1, 0.15) is 265 Å². The molecule has 0 saturated carbocycles. The highest BCUT2D eigenvalue weighted by Gasteiger charge is 2.19. The third-order valence-electron chi connectivity index (χ3n) is 12.2. The molecule has 6 heteroatoms. The van der Waals surface area contributed by atoms with E-state index in [1.807, 2.05) is 6.08 Å². The van der Waals surface area contributed by atoms with Gasteiger partial charge in [-0.25, -0.2) is 0 Å². The van der Waals surface area contributed by atoms with Crippen LogP contribution in [0.25, 0.3) is 0 Å². The summed E-state index contributed by atoms with van der Waals surface area (Å²) >= 11 is 0. The summed E-state index contributed by atoms with van der Waals surface area (Å²) in [6.45, 7) is 6.42. The molecule has 0 heterocycles. The molecule has 71 heavy (non-hydrogen) atoms. The van der Waals surface area contributed by atoms with Crippen molar-refractivity contribution in [2.45, 2.75) is 271 Å². The Balaban J connectivity index is 4.52. The van der Waals surface area contributed by atoms with Gasteiger partial charge in [0.1, 0.15) is 13.2 Å². The van der Waals surface area contributed by atoms with Crippen LogP contribution in [0.3, 0.4) is 0 Å². The highest BCUT2D eigenvalue weighted by molar-refractivity contribution is 5.71. The Kier molecular flexibility index (Phi) is 55.4. The molecule has 0 radical (unpaired) electrons. The van der Waals surface area contributed by atoms with E-state index in [2.05, 4.69) is 124 Å². The topological polar surface area (TPSA) is 78.9 Å². The average molecular weight is 986 g/mol. The quantitative estimate of drug-likeness (QED) is 0.0261. The predicted molar refractivity (Wildman–Crippen MR) is 307 cm³/mol. The van der Waals surface area contributed by atoms with Crippen LogP contribution in [0, 0.1) is 0 Å². The molecule has 0 amide bonds. The molecule has 0 unspecified atom stereocenters. The van der Waals surface area contributed by atoms with Gasteiger partial charge in [0, 0.05) is 19.3 Å². The molecular formula is C65H108O6. The second-order valence-corrected chi connectivity index (χ2v) is 19.2. The van der Waals surface area contributed by atoms with Crippen molar-refractivity contribution in [3.63, 3.8) is 0 Å². The molecule has 0 aliphatic carbocycles. The molecule has 0 N–H and O–H groups in total. The maximum atomic E-state index is 12.9. The van der Waals surface area contributed by atoms with Crippen LogP contribution in [0.15, 0.2) is 109 Å². The highest BCUT2D eigenvalue weighted by atomic mass is 16.6. The molecule has 0 aromatic carbocycles. The number of carbonyl (C=O) groups excluding carboxylic acids is 3. The van der Waals surface area contributed by atoms with Gasteiger partial charge < -0.3 is 14.2 Å². The van der Waals surface area contributed by atoms with E-state index >= 15 is 0 Å². The second kappa shape index (κ2) is 58.6. The van der Waals surface area contributed by atoms with E-state index in [9.17, 15) is 14.4 Å². The van der Waals surface area contributed by atoms with E-state index in [0.717, 1.165) is 103 Å². The molecule has 0 aromatic rings. The number of rotatable bonds is 52. The van der Waals surface area contributed by atoms with Crippen LogP contribution >= 0.6 is 0 Å². The van der Waals surface area contributed by atoms with E-state index < -0.39 is 6.10 Å². The summed E-state index contributed by atoms with van der Waals surface area (Å²) in [5.74, 6) is -1.01. The maximum Gasteiger partial charge on any atom is 0.306 e. The number of hydrogen-bond donors (Lipinski definition) is 0. The van der Waals surface area contributed by atoms with Crippen molar-refractivity contribution in [3.8, 4) is 0 Å². The molecule has 0 aliphatic rings. The first-order chi connectivity index (χ1) is 35.0. The SMILES string of the molecule is CC/C=C\C/C=C\C/C=C\CCCCCCCC(=O)OC[C@H](COC(=O)CC/C=C\C/C=C\C/C=C\C/C=C\C/C=C\CCCCC)OC(=O)CCCCCCCCCCC/C=C\CCCCCCCC. The summed E-state index contributed by atoms with van der Waals surface area (Å²) in [4.78, 5) is 38.2. The van der Waals surface area contributed by atoms with Gasteiger partial charge in [0.25, 0.3) is 0 Å². The molecule has 0 bridgehead atoms. The Morgan fingerprint density at radius 3 is 0.986 bits per heavy atom. The molecule has 0 aliphatic heterocycles. The zero-order valence-electron chi connectivity index (χ0n) is 46.2. The normalized spacial score (nSPS) is 12.9. The summed E-state index contributed by atoms with van der Waals surface area (Å²) in [6, 6.07) is 0. The number of hydrogen-bond acceptors (Lipinski definition) is 6. The lowest BCUT2D eigenvalue weighted by Crippen LogP contribution is -2.30. The molecule has 404 valence electrons. The summed E-state index contributed by atoms with van der Waals surface area (Å²) in [5.41, 5.74) is 0. The third kappa shape index (κ3) is 56.9. The van der Waals surface area contributed by atoms with E-state index in [0.29, 0.717) is 19.3 Å². The number of carbonyl (C=O) groups is 3. The van der Waals surface area contributed by atoms with Gasteiger partial charge in [0.2, 0.25) is 0 Å². The Hall–Kier alpha value is -3.93. The van der Waals surface area contributed by atoms with Gasteiger partial charge >= 0.3 is 17.9 Å². The lowest BCUT2D eigenvalue weighted by atomic mass is 10.1. The van der Waals surface area contributed by atoms with E-state index in [-0.39, 0.29) is 37.5 Å². The third-order valence-corrected chi connectivity index (χ3v) is 12.2. The van der Waals surface area contributed by atoms with Crippen molar-refractivity contribution in [2.24, 2.45) is 0 Å². The first-order valence-electron chi connectivity index (χ1n) is 29.4. The Morgan fingerprint density at radius 1 is 0.296 bits per heavy atom. The van der Waals surface area contributed by atoms with Gasteiger partial charge in [0.05, 0.1) is 0 Å². The van der Waals surface area contributed by atoms with E-state index in [1.54, 1.807) is 0 Å². The van der Waals surface area contributed by atoms with E-state index in [4.69, 9.17) is 14.2 Å². The van der Waals surface area contributed by atoms with Crippen molar-refractivity contribution in [1.82, 2.24) is 0 Å². The summed E-state index contributed by atoms with van der Waals surface area (Å²) in [7, 11) is 0. The number of esters is 3. The summed E-state index contributed by atoms with van der Waals surface area (Å²) < 4.78 is 16.8. The summed E-state index contributed by atoms with van der Waals surface area (Å²) in [5, 5.41) is 0. The standard InChI is InChI=1S/C65H108O6/c1-4-7-10-13-16-19-22-25-28-30-32-34-37-40-43-46-49-52-55-58-64(67)70-61-62(60-69-63(66)57-54-51-48-45-42-39-36-27-24-21-18-15-12-9-6-3)71-65(68)59-56-53-50-47-44-41-38-35-33-31-29-26-23-20-17-14-11-8-5-2/h9,12,16,18-19,21,25-29,32,34,36,40,43,49,52,62H,4-8,10-11,13-15,17,20,22-24,30-31,33,35,37-39,41-42,44-48,50-51,53-61H2,1-3H3/b12-9-,19-16-,21-18-,28-25-,29-26-,34-32-,36-27-,43-40-,52-49-/t62-/m1/s1. The van der Waals surface area contributed by atoms with Gasteiger partial charge in [-0.3, -0.25) is 14.4 Å². The van der Waals surface area contributed by atoms with Gasteiger partial charge in [-0.15, -0.1) is 0 Å². The van der Waals surface area contributed by atoms with Crippen molar-refractivity contribution in [3.05, 3.63) is 109 Å². The molecule has 0 aromatic heterocycles. The largest absolute Gasteiger partial charge is 0.462 e. The van der Waals surface area contributed by atoms with Crippen molar-refractivity contribution < 1.29 is 28.6 Å². The molecular weight excluding hydrogens is 877 g/mol. The first kappa shape index (κ1) is 67.1. The fraction of sp³-hybridized carbons (Fsp3) is 0.677. The lowest BCUT2D eigenvalue weighted by Gasteiger charge is -2.18. The lowest BCUT2D eigenvalue weighted by molar-refractivity contribution is -0.166. The van der Waals surface area contributed by atoms with Crippen molar-refractivity contribution in [1.29, 1.82) is 0 Å². The van der Waals surface area contributed by atoms with E-state index in [1.165, 1.54) is 116 Å². The Labute approximate surface area is 438 Å². The molecule has 0 spiro atoms. The maximum absolute atomic E-state index is 12.9. The van der Waals surface area contributed by atoms with Crippen molar-refractivity contribution in [2.75, 3.05) is 13.2 Å². The van der Waals surface area contributed by atoms with Crippen LogP contribution in [-0.4, -0.2) is 37.2 Å². The molecule has 0 rings (SSSR count). The van der Waals surface area contributed by atoms with Gasteiger partial charge in [0.15, 0.2) is 6.10 Å². The summed E-state index contributed by atoms with van der Waals surface area (Å²) in [6.07, 6.45) is 79.5. The number of ether oxygens (including phenoxy) is 3. The Bertz CT molecular complexity index is 1460. The fourth-order valence-corrected chi connectivity index (χ4v) is 7.85. The highest BCUT2D eigenvalue weighted by Crippen LogP contribution is 2.14. The molecule has 0 saturated heterocycles. The first-order valence-corrected chi connectivity index (χ1v) is 29.4. The predicted octanol–water partition coefficient (Wildman–Crippen LogP) is 19.9. The minimum Gasteiger partial charge on any atom is -0.462 e. The minimum absolute atomic E-state index is 0.112. The second-order valence-electron chi connectivity index (χ2n) is 19.2. The average Bonchev–Trinajstić information content (AvgIpc) is 3.37. The zero-order valence-corrected chi connectivity index (χ0v) is 46.2. The van der Waals surface area contributed by atoms with Crippen LogP contribution < -0.4 is 0 Å². The van der Waals surface area contributed by atoms with Gasteiger partial charge in [-0.05, 0) is 116 Å². The van der Waals surface area contributed by atoms with Crippen LogP contribution in [0.5, 0.6) is 0 Å². The Morgan fingerprint density at radius 2 is 0.577 bits per heavy atom. The fourth-order valence-electron chi connectivity index (χ4n) is 7.85. The smallest absolute Gasteiger partial charge is 0.306 e. The minimum atomic E-state index is -0.819. The number of unbranched alkanes of at least 4 members (excludes halogenated alkanes) is 23. The number of allylic oxidation sites excluding steroid dienone is 18. The van der Waals surface area contributed by atoms with Gasteiger partial charge in [-0.1, -0.05) is 239 Å². The monoisotopic (exact) mass is 985 g/mol. The van der Waals surface area contributed by atoms with Crippen LogP contribution in [-0.2, 0) is 28.6 Å². The van der Waals surface area contributed by atoms with Crippen molar-refractivity contribution >= 4 is 17.9 Å². The molecule has 1 atom stereocenters.